The number of piperidine rings is 1. The smallest absolute Gasteiger partial charge is 0.213 e. The van der Waals surface area contributed by atoms with Crippen LogP contribution in [0.1, 0.15) is 32.3 Å². The number of nitrogens with zero attached hydrogens (tertiary/aromatic N) is 3. The molecule has 5 heteroatoms. The van der Waals surface area contributed by atoms with Gasteiger partial charge in [0.2, 0.25) is 5.88 Å². The van der Waals surface area contributed by atoms with Crippen molar-refractivity contribution in [2.24, 2.45) is 10.9 Å². The number of ether oxygens (including phenoxy) is 1. The fraction of sp³-hybridized carbons (Fsp3) is 0.625. The standard InChI is InChI=1S/C16H26N4O/c1-4-17-16(20-9-5-6-13(2)12-20)19-11-14-7-8-18-15(10-14)21-3/h7-8,10,13H,4-6,9,11-12H2,1-3H3,(H,17,19). The van der Waals surface area contributed by atoms with Gasteiger partial charge in [-0.2, -0.15) is 0 Å². The molecule has 1 N–H and O–H groups in total. The SMILES string of the molecule is CCNC(=NCc1ccnc(OC)c1)N1CCCC(C)C1. The topological polar surface area (TPSA) is 49.8 Å². The second kappa shape index (κ2) is 7.86. The van der Waals surface area contributed by atoms with E-state index >= 15 is 0 Å². The molecule has 0 bridgehead atoms. The van der Waals surface area contributed by atoms with Gasteiger partial charge in [0.05, 0.1) is 13.7 Å². The number of guanidine groups is 1. The summed E-state index contributed by atoms with van der Waals surface area (Å²) in [5, 5.41) is 3.40. The molecule has 0 amide bonds. The minimum atomic E-state index is 0.638. The van der Waals surface area contributed by atoms with Crippen LogP contribution in [-0.2, 0) is 6.54 Å². The van der Waals surface area contributed by atoms with E-state index in [4.69, 9.17) is 9.73 Å². The number of likely N-dealkylation sites (tertiary alicyclic amines) is 1. The van der Waals surface area contributed by atoms with Crippen LogP contribution in [0.4, 0.5) is 0 Å². The number of hydrogen-bond acceptors (Lipinski definition) is 3. The van der Waals surface area contributed by atoms with Gasteiger partial charge in [-0.05, 0) is 37.3 Å². The van der Waals surface area contributed by atoms with E-state index in [2.05, 4.69) is 29.0 Å². The molecule has 1 aromatic rings. The van der Waals surface area contributed by atoms with Gasteiger partial charge in [0.25, 0.3) is 0 Å². The third-order valence-electron chi connectivity index (χ3n) is 3.71. The van der Waals surface area contributed by atoms with Gasteiger partial charge in [0.1, 0.15) is 0 Å². The first-order valence-electron chi connectivity index (χ1n) is 7.75. The summed E-state index contributed by atoms with van der Waals surface area (Å²) in [4.78, 5) is 11.3. The van der Waals surface area contributed by atoms with Gasteiger partial charge in [0, 0.05) is 31.9 Å². The lowest BCUT2D eigenvalue weighted by Gasteiger charge is -2.33. The molecule has 21 heavy (non-hydrogen) atoms. The summed E-state index contributed by atoms with van der Waals surface area (Å²) in [5.74, 6) is 2.39. The maximum Gasteiger partial charge on any atom is 0.213 e. The first-order valence-corrected chi connectivity index (χ1v) is 7.75. The van der Waals surface area contributed by atoms with Crippen molar-refractivity contribution in [1.82, 2.24) is 15.2 Å². The van der Waals surface area contributed by atoms with Crippen molar-refractivity contribution in [3.05, 3.63) is 23.9 Å². The summed E-state index contributed by atoms with van der Waals surface area (Å²) < 4.78 is 5.15. The van der Waals surface area contributed by atoms with E-state index in [9.17, 15) is 0 Å². The van der Waals surface area contributed by atoms with Gasteiger partial charge >= 0.3 is 0 Å². The van der Waals surface area contributed by atoms with Gasteiger partial charge in [-0.25, -0.2) is 9.98 Å². The van der Waals surface area contributed by atoms with Crippen molar-refractivity contribution in [3.63, 3.8) is 0 Å². The van der Waals surface area contributed by atoms with E-state index in [0.717, 1.165) is 37.1 Å². The minimum Gasteiger partial charge on any atom is -0.481 e. The van der Waals surface area contributed by atoms with Crippen molar-refractivity contribution in [2.75, 3.05) is 26.7 Å². The van der Waals surface area contributed by atoms with Crippen LogP contribution in [0.3, 0.4) is 0 Å². The molecule has 5 nitrogen and oxygen atoms in total. The van der Waals surface area contributed by atoms with Gasteiger partial charge in [-0.1, -0.05) is 6.92 Å². The Labute approximate surface area is 127 Å². The molecule has 1 aromatic heterocycles. The fourth-order valence-electron chi connectivity index (χ4n) is 2.63. The zero-order valence-electron chi connectivity index (χ0n) is 13.3. The van der Waals surface area contributed by atoms with Crippen molar-refractivity contribution >= 4 is 5.96 Å². The molecular formula is C16H26N4O. The summed E-state index contributed by atoms with van der Waals surface area (Å²) in [6, 6.07) is 3.92. The van der Waals surface area contributed by atoms with E-state index in [1.54, 1.807) is 13.3 Å². The van der Waals surface area contributed by atoms with Crippen molar-refractivity contribution in [2.45, 2.75) is 33.2 Å². The maximum absolute atomic E-state index is 5.15. The van der Waals surface area contributed by atoms with E-state index in [1.807, 2.05) is 12.1 Å². The summed E-state index contributed by atoms with van der Waals surface area (Å²) in [7, 11) is 1.63. The first kappa shape index (κ1) is 15.6. The third-order valence-corrected chi connectivity index (χ3v) is 3.71. The van der Waals surface area contributed by atoms with Crippen LogP contribution in [0.2, 0.25) is 0 Å². The Morgan fingerprint density at radius 1 is 1.57 bits per heavy atom. The molecule has 2 heterocycles. The molecule has 1 saturated heterocycles. The average molecular weight is 290 g/mol. The quantitative estimate of drug-likeness (QED) is 0.683. The van der Waals surface area contributed by atoms with Crippen LogP contribution in [0.5, 0.6) is 5.88 Å². The molecule has 0 saturated carbocycles. The molecule has 1 aliphatic heterocycles. The molecule has 0 spiro atoms. The molecule has 0 radical (unpaired) electrons. The first-order chi connectivity index (χ1) is 10.2. The van der Waals surface area contributed by atoms with Crippen LogP contribution in [0.25, 0.3) is 0 Å². The highest BCUT2D eigenvalue weighted by atomic mass is 16.5. The molecule has 1 fully saturated rings. The van der Waals surface area contributed by atoms with Crippen LogP contribution < -0.4 is 10.1 Å². The second-order valence-electron chi connectivity index (χ2n) is 5.57. The Morgan fingerprint density at radius 3 is 3.14 bits per heavy atom. The van der Waals surface area contributed by atoms with Crippen LogP contribution in [-0.4, -0.2) is 42.6 Å². The largest absolute Gasteiger partial charge is 0.481 e. The number of nitrogens with one attached hydrogen (secondary N) is 1. The molecule has 0 aliphatic carbocycles. The molecule has 1 aliphatic rings. The number of methoxy groups -OCH3 is 1. The Kier molecular flexibility index (Phi) is 5.84. The van der Waals surface area contributed by atoms with Crippen LogP contribution in [0.15, 0.2) is 23.3 Å². The fourth-order valence-corrected chi connectivity index (χ4v) is 2.63. The van der Waals surface area contributed by atoms with E-state index in [0.29, 0.717) is 12.4 Å². The zero-order chi connectivity index (χ0) is 15.1. The zero-order valence-corrected chi connectivity index (χ0v) is 13.3. The monoisotopic (exact) mass is 290 g/mol. The predicted molar refractivity (Wildman–Crippen MR) is 85.6 cm³/mol. The van der Waals surface area contributed by atoms with Crippen molar-refractivity contribution in [1.29, 1.82) is 0 Å². The van der Waals surface area contributed by atoms with E-state index < -0.39 is 0 Å². The van der Waals surface area contributed by atoms with Crippen LogP contribution in [0, 0.1) is 5.92 Å². The van der Waals surface area contributed by atoms with Gasteiger partial charge in [0.15, 0.2) is 5.96 Å². The highest BCUT2D eigenvalue weighted by Gasteiger charge is 2.18. The van der Waals surface area contributed by atoms with Gasteiger partial charge in [-0.15, -0.1) is 0 Å². The lowest BCUT2D eigenvalue weighted by Crippen LogP contribution is -2.46. The van der Waals surface area contributed by atoms with Gasteiger partial charge < -0.3 is 15.0 Å². The number of pyridine rings is 1. The molecule has 2 rings (SSSR count). The molecule has 1 unspecified atom stereocenters. The summed E-state index contributed by atoms with van der Waals surface area (Å²) in [5.41, 5.74) is 1.11. The third kappa shape index (κ3) is 4.62. The normalized spacial score (nSPS) is 19.5. The maximum atomic E-state index is 5.15. The van der Waals surface area contributed by atoms with Crippen molar-refractivity contribution < 1.29 is 4.74 Å². The minimum absolute atomic E-state index is 0.638. The molecule has 1 atom stereocenters. The second-order valence-corrected chi connectivity index (χ2v) is 5.57. The van der Waals surface area contributed by atoms with Gasteiger partial charge in [-0.3, -0.25) is 0 Å². The lowest BCUT2D eigenvalue weighted by molar-refractivity contribution is 0.266. The lowest BCUT2D eigenvalue weighted by atomic mass is 10.0. The Balaban J connectivity index is 2.05. The van der Waals surface area contributed by atoms with Crippen LogP contribution >= 0.6 is 0 Å². The predicted octanol–water partition coefficient (Wildman–Crippen LogP) is 2.29. The highest BCUT2D eigenvalue weighted by molar-refractivity contribution is 5.80. The molecule has 0 aromatic carbocycles. The summed E-state index contributed by atoms with van der Waals surface area (Å²) in [6.45, 7) is 8.14. The van der Waals surface area contributed by atoms with E-state index in [1.165, 1.54) is 12.8 Å². The summed E-state index contributed by atoms with van der Waals surface area (Å²) in [6.07, 6.45) is 4.33. The Morgan fingerprint density at radius 2 is 2.43 bits per heavy atom. The molecule has 116 valence electrons. The molecular weight excluding hydrogens is 264 g/mol. The highest BCUT2D eigenvalue weighted by Crippen LogP contribution is 2.16. The number of rotatable bonds is 4. The van der Waals surface area contributed by atoms with Crippen molar-refractivity contribution in [3.8, 4) is 5.88 Å². The Hall–Kier alpha value is -1.78. The Bertz CT molecular complexity index is 475. The van der Waals surface area contributed by atoms with E-state index in [-0.39, 0.29) is 0 Å². The number of hydrogen-bond donors (Lipinski definition) is 1. The number of aromatic nitrogens is 1. The average Bonchev–Trinajstić information content (AvgIpc) is 2.51. The summed E-state index contributed by atoms with van der Waals surface area (Å²) >= 11 is 0. The number of aliphatic imine (C=N–C) groups is 1.